The summed E-state index contributed by atoms with van der Waals surface area (Å²) in [6.07, 6.45) is 8.83. The number of rotatable bonds is 2. The van der Waals surface area contributed by atoms with E-state index in [1.807, 2.05) is 0 Å². The van der Waals surface area contributed by atoms with Crippen LogP contribution in [0.3, 0.4) is 0 Å². The minimum Gasteiger partial charge on any atom is -0.343 e. The summed E-state index contributed by atoms with van der Waals surface area (Å²) >= 11 is 0. The van der Waals surface area contributed by atoms with Gasteiger partial charge in [-0.1, -0.05) is 0 Å². The molecule has 4 bridgehead atoms. The van der Waals surface area contributed by atoms with Crippen molar-refractivity contribution < 1.29 is 0 Å². The lowest BCUT2D eigenvalue weighted by Gasteiger charge is -2.58. The molecule has 1 aromatic heterocycles. The standard InChI is InChI=1S/C18H28N2/c1-11-12(2)20(13(3)17(11)10-19)18-7-14-4-15(8-18)6-16(5-14)9-18/h14-16H,4-10,19H2,1-3H3. The molecule has 0 aliphatic heterocycles. The van der Waals surface area contributed by atoms with E-state index in [4.69, 9.17) is 5.73 Å². The van der Waals surface area contributed by atoms with E-state index in [1.165, 1.54) is 61.0 Å². The molecule has 0 spiro atoms. The summed E-state index contributed by atoms with van der Waals surface area (Å²) in [7, 11) is 0. The predicted molar refractivity (Wildman–Crippen MR) is 82.7 cm³/mol. The van der Waals surface area contributed by atoms with Crippen molar-refractivity contribution in [2.24, 2.45) is 23.5 Å². The van der Waals surface area contributed by atoms with Crippen LogP contribution in [-0.4, -0.2) is 4.57 Å². The van der Waals surface area contributed by atoms with E-state index >= 15 is 0 Å². The quantitative estimate of drug-likeness (QED) is 0.872. The molecule has 1 heterocycles. The first-order valence-electron chi connectivity index (χ1n) is 8.42. The Morgan fingerprint density at radius 2 is 1.45 bits per heavy atom. The molecule has 4 fully saturated rings. The second kappa shape index (κ2) is 4.13. The Morgan fingerprint density at radius 3 is 1.85 bits per heavy atom. The third-order valence-electron chi connectivity index (χ3n) is 6.79. The zero-order valence-corrected chi connectivity index (χ0v) is 13.2. The van der Waals surface area contributed by atoms with Crippen LogP contribution < -0.4 is 5.73 Å². The Hall–Kier alpha value is -0.760. The van der Waals surface area contributed by atoms with Crippen LogP contribution in [0.25, 0.3) is 0 Å². The maximum atomic E-state index is 6.01. The highest BCUT2D eigenvalue weighted by molar-refractivity contribution is 5.38. The smallest absolute Gasteiger partial charge is 0.0453 e. The Morgan fingerprint density at radius 1 is 0.950 bits per heavy atom. The number of hydrogen-bond acceptors (Lipinski definition) is 1. The lowest BCUT2D eigenvalue weighted by molar-refractivity contribution is -0.0447. The average Bonchev–Trinajstić information content (AvgIpc) is 2.58. The van der Waals surface area contributed by atoms with Gasteiger partial charge in [0, 0.05) is 23.5 Å². The summed E-state index contributed by atoms with van der Waals surface area (Å²) in [5.74, 6) is 3.01. The van der Waals surface area contributed by atoms with E-state index in [-0.39, 0.29) is 0 Å². The highest BCUT2D eigenvalue weighted by Crippen LogP contribution is 2.59. The van der Waals surface area contributed by atoms with Crippen LogP contribution in [0.5, 0.6) is 0 Å². The molecular formula is C18H28N2. The van der Waals surface area contributed by atoms with Crippen LogP contribution in [0.15, 0.2) is 0 Å². The van der Waals surface area contributed by atoms with Crippen LogP contribution in [0.2, 0.25) is 0 Å². The number of nitrogens with two attached hydrogens (primary N) is 1. The molecule has 0 amide bonds. The molecule has 5 rings (SSSR count). The Bertz CT molecular complexity index is 517. The topological polar surface area (TPSA) is 30.9 Å². The van der Waals surface area contributed by atoms with Crippen molar-refractivity contribution in [2.75, 3.05) is 0 Å². The molecule has 110 valence electrons. The summed E-state index contributed by atoms with van der Waals surface area (Å²) in [6.45, 7) is 7.58. The summed E-state index contributed by atoms with van der Waals surface area (Å²) in [5, 5.41) is 0. The molecule has 4 aliphatic carbocycles. The third-order valence-corrected chi connectivity index (χ3v) is 6.79. The van der Waals surface area contributed by atoms with Gasteiger partial charge in [-0.05, 0) is 88.2 Å². The summed E-state index contributed by atoms with van der Waals surface area (Å²) in [6, 6.07) is 0. The molecule has 4 saturated carbocycles. The first kappa shape index (κ1) is 12.9. The van der Waals surface area contributed by atoms with Gasteiger partial charge >= 0.3 is 0 Å². The first-order valence-corrected chi connectivity index (χ1v) is 8.42. The second-order valence-corrected chi connectivity index (χ2v) is 7.96. The Balaban J connectivity index is 1.85. The fourth-order valence-electron chi connectivity index (χ4n) is 6.40. The van der Waals surface area contributed by atoms with E-state index < -0.39 is 0 Å². The summed E-state index contributed by atoms with van der Waals surface area (Å²) < 4.78 is 2.73. The van der Waals surface area contributed by atoms with Gasteiger partial charge in [-0.3, -0.25) is 0 Å². The average molecular weight is 272 g/mol. The predicted octanol–water partition coefficient (Wildman–Crippen LogP) is 3.80. The highest BCUT2D eigenvalue weighted by atomic mass is 15.1. The SMILES string of the molecule is Cc1c(CN)c(C)n(C23CC4CC(CC(C4)C2)C3)c1C. The van der Waals surface area contributed by atoms with Crippen molar-refractivity contribution in [1.29, 1.82) is 0 Å². The molecule has 1 aromatic rings. The van der Waals surface area contributed by atoms with Gasteiger partial charge < -0.3 is 10.3 Å². The maximum absolute atomic E-state index is 6.01. The van der Waals surface area contributed by atoms with Crippen molar-refractivity contribution >= 4 is 0 Å². The van der Waals surface area contributed by atoms with Gasteiger partial charge in [0.1, 0.15) is 0 Å². The number of hydrogen-bond donors (Lipinski definition) is 1. The van der Waals surface area contributed by atoms with E-state index in [0.717, 1.165) is 17.8 Å². The van der Waals surface area contributed by atoms with Crippen LogP contribution in [-0.2, 0) is 12.1 Å². The molecule has 0 atom stereocenters. The third kappa shape index (κ3) is 1.55. The largest absolute Gasteiger partial charge is 0.343 e. The normalized spacial score (nSPS) is 38.7. The molecular weight excluding hydrogens is 244 g/mol. The van der Waals surface area contributed by atoms with Crippen LogP contribution in [0, 0.1) is 38.5 Å². The van der Waals surface area contributed by atoms with Gasteiger partial charge in [0.05, 0.1) is 0 Å². The Labute approximate surface area is 122 Å². The summed E-state index contributed by atoms with van der Waals surface area (Å²) in [5.41, 5.74) is 12.3. The minimum absolute atomic E-state index is 0.446. The van der Waals surface area contributed by atoms with Gasteiger partial charge in [-0.15, -0.1) is 0 Å². The molecule has 2 nitrogen and oxygen atoms in total. The molecule has 0 saturated heterocycles. The van der Waals surface area contributed by atoms with Gasteiger partial charge in [-0.2, -0.15) is 0 Å². The molecule has 2 heteroatoms. The lowest BCUT2D eigenvalue weighted by atomic mass is 9.53. The molecule has 0 unspecified atom stereocenters. The molecule has 0 radical (unpaired) electrons. The van der Waals surface area contributed by atoms with Gasteiger partial charge in [-0.25, -0.2) is 0 Å². The molecule has 2 N–H and O–H groups in total. The maximum Gasteiger partial charge on any atom is 0.0453 e. The molecule has 0 aromatic carbocycles. The van der Waals surface area contributed by atoms with Gasteiger partial charge in [0.2, 0.25) is 0 Å². The zero-order valence-electron chi connectivity index (χ0n) is 13.2. The second-order valence-electron chi connectivity index (χ2n) is 7.96. The van der Waals surface area contributed by atoms with Crippen molar-refractivity contribution in [2.45, 2.75) is 71.4 Å². The van der Waals surface area contributed by atoms with Crippen molar-refractivity contribution in [3.8, 4) is 0 Å². The van der Waals surface area contributed by atoms with E-state index in [2.05, 4.69) is 25.3 Å². The Kier molecular flexibility index (Phi) is 2.67. The monoisotopic (exact) mass is 272 g/mol. The van der Waals surface area contributed by atoms with E-state index in [0.29, 0.717) is 12.1 Å². The molecule has 4 aliphatic rings. The lowest BCUT2D eigenvalue weighted by Crippen LogP contribution is -2.52. The fraction of sp³-hybridized carbons (Fsp3) is 0.778. The van der Waals surface area contributed by atoms with E-state index in [1.54, 1.807) is 0 Å². The summed E-state index contributed by atoms with van der Waals surface area (Å²) in [4.78, 5) is 0. The van der Waals surface area contributed by atoms with Crippen molar-refractivity contribution in [3.05, 3.63) is 22.5 Å². The van der Waals surface area contributed by atoms with Crippen molar-refractivity contribution in [3.63, 3.8) is 0 Å². The highest BCUT2D eigenvalue weighted by Gasteiger charge is 2.52. The number of aromatic nitrogens is 1. The van der Waals surface area contributed by atoms with Gasteiger partial charge in [0.25, 0.3) is 0 Å². The van der Waals surface area contributed by atoms with Gasteiger partial charge in [0.15, 0.2) is 0 Å². The molecule has 20 heavy (non-hydrogen) atoms. The number of nitrogens with zero attached hydrogens (tertiary/aromatic N) is 1. The van der Waals surface area contributed by atoms with Crippen molar-refractivity contribution in [1.82, 2.24) is 4.57 Å². The first-order chi connectivity index (χ1) is 9.54. The van der Waals surface area contributed by atoms with E-state index in [9.17, 15) is 0 Å². The van der Waals surface area contributed by atoms with Crippen LogP contribution in [0.4, 0.5) is 0 Å². The van der Waals surface area contributed by atoms with Crippen LogP contribution >= 0.6 is 0 Å². The minimum atomic E-state index is 0.446. The fourth-order valence-corrected chi connectivity index (χ4v) is 6.40. The van der Waals surface area contributed by atoms with Crippen LogP contribution in [0.1, 0.15) is 61.0 Å². The zero-order chi connectivity index (χ0) is 14.1.